The van der Waals surface area contributed by atoms with Crippen LogP contribution in [0.2, 0.25) is 5.02 Å². The standard InChI is InChI=1S/C54H45ClF3N7O3/c1-33-26-46(64(30-34-14-18-38(66-2)19-15-34)31-35-16-20-39(67-3)21-17-35)63-51(48(33)54(56,57)58)41-27-43-47-52(49(41)55)68-25-24-65(53(47)61-32-60-43)45-23-22-40-42(45)28-59-29-44(40)62-50(36-10-6-4-7-11-36)37-12-8-5-9-13-37/h4-21,26-29,32,45H,22-25,30-31H2,1-3H3. The zero-order valence-electron chi connectivity index (χ0n) is 37.5. The molecule has 342 valence electrons. The maximum Gasteiger partial charge on any atom is 0.418 e. The van der Waals surface area contributed by atoms with Crippen molar-refractivity contribution in [2.75, 3.05) is 37.2 Å². The van der Waals surface area contributed by atoms with Crippen molar-refractivity contribution in [2.45, 2.75) is 45.1 Å². The summed E-state index contributed by atoms with van der Waals surface area (Å²) in [5, 5.41) is 0.494. The lowest BCUT2D eigenvalue weighted by Gasteiger charge is -2.29. The molecule has 1 atom stereocenters. The van der Waals surface area contributed by atoms with Crippen molar-refractivity contribution in [2.24, 2.45) is 4.99 Å². The Morgan fingerprint density at radius 1 is 0.838 bits per heavy atom. The summed E-state index contributed by atoms with van der Waals surface area (Å²) in [5.41, 5.74) is 6.70. The fourth-order valence-electron chi connectivity index (χ4n) is 9.34. The number of fused-ring (bicyclic) bond motifs is 1. The second kappa shape index (κ2) is 18.6. The van der Waals surface area contributed by atoms with Crippen LogP contribution in [-0.4, -0.2) is 53.0 Å². The van der Waals surface area contributed by atoms with Gasteiger partial charge in [-0.15, -0.1) is 0 Å². The van der Waals surface area contributed by atoms with E-state index in [-0.39, 0.29) is 40.2 Å². The molecule has 0 saturated carbocycles. The topological polar surface area (TPSA) is 98.1 Å². The van der Waals surface area contributed by atoms with Crippen LogP contribution in [0.5, 0.6) is 17.2 Å². The van der Waals surface area contributed by atoms with E-state index in [0.717, 1.165) is 57.6 Å². The first-order valence-corrected chi connectivity index (χ1v) is 22.6. The molecule has 0 N–H and O–H groups in total. The number of hydrogen-bond donors (Lipinski definition) is 0. The van der Waals surface area contributed by atoms with Crippen molar-refractivity contribution in [3.63, 3.8) is 0 Å². The molecule has 0 radical (unpaired) electrons. The number of methoxy groups -OCH3 is 2. The molecule has 68 heavy (non-hydrogen) atoms. The predicted molar refractivity (Wildman–Crippen MR) is 260 cm³/mol. The van der Waals surface area contributed by atoms with Gasteiger partial charge in [0.25, 0.3) is 0 Å². The summed E-state index contributed by atoms with van der Waals surface area (Å²) >= 11 is 7.31. The molecule has 0 fully saturated rings. The molecule has 14 heteroatoms. The van der Waals surface area contributed by atoms with E-state index in [2.05, 4.69) is 34.1 Å². The lowest BCUT2D eigenvalue weighted by molar-refractivity contribution is -0.137. The third-order valence-electron chi connectivity index (χ3n) is 12.6. The molecule has 4 heterocycles. The molecule has 1 aliphatic heterocycles. The maximum absolute atomic E-state index is 15.4. The number of anilines is 2. The van der Waals surface area contributed by atoms with Gasteiger partial charge in [-0.1, -0.05) is 96.5 Å². The summed E-state index contributed by atoms with van der Waals surface area (Å²) in [5.74, 6) is 2.46. The molecule has 1 unspecified atom stereocenters. The van der Waals surface area contributed by atoms with Gasteiger partial charge in [-0.3, -0.25) is 4.98 Å². The highest BCUT2D eigenvalue weighted by Crippen LogP contribution is 2.50. The van der Waals surface area contributed by atoms with Gasteiger partial charge in [0.2, 0.25) is 0 Å². The molecular weight excluding hydrogens is 887 g/mol. The average Bonchev–Trinajstić information content (AvgIpc) is 3.69. The SMILES string of the molecule is COc1ccc(CN(Cc2ccc(OC)cc2)c2cc(C)c(C(F)(F)F)c(-c3cc4ncnc5c4c(c3Cl)OCCN5C3CCc4c(N=C(c5ccccc5)c5ccccc5)cncc43)n2)cc1. The highest BCUT2D eigenvalue weighted by atomic mass is 35.5. The lowest BCUT2D eigenvalue weighted by atomic mass is 9.98. The largest absolute Gasteiger partial charge is 0.497 e. The van der Waals surface area contributed by atoms with Gasteiger partial charge in [0.05, 0.1) is 71.6 Å². The molecule has 5 aromatic carbocycles. The summed E-state index contributed by atoms with van der Waals surface area (Å²) in [6, 6.07) is 38.2. The molecule has 0 amide bonds. The fraction of sp³-hybridized carbons (Fsp3) is 0.204. The number of halogens is 4. The quantitative estimate of drug-likeness (QED) is 0.111. The van der Waals surface area contributed by atoms with Crippen LogP contribution in [0.3, 0.4) is 0 Å². The summed E-state index contributed by atoms with van der Waals surface area (Å²) in [6.45, 7) is 2.69. The van der Waals surface area contributed by atoms with Gasteiger partial charge < -0.3 is 24.0 Å². The minimum absolute atomic E-state index is 0.0127. The van der Waals surface area contributed by atoms with Crippen molar-refractivity contribution in [3.8, 4) is 28.5 Å². The lowest BCUT2D eigenvalue weighted by Crippen LogP contribution is -2.31. The van der Waals surface area contributed by atoms with Crippen LogP contribution < -0.4 is 24.0 Å². The van der Waals surface area contributed by atoms with Gasteiger partial charge in [0.1, 0.15) is 36.1 Å². The number of pyridine rings is 2. The van der Waals surface area contributed by atoms with Gasteiger partial charge in [0.15, 0.2) is 5.75 Å². The van der Waals surface area contributed by atoms with Crippen molar-refractivity contribution in [1.82, 2.24) is 19.9 Å². The number of alkyl halides is 3. The molecular formula is C54H45ClF3N7O3. The molecule has 10 nitrogen and oxygen atoms in total. The number of benzene rings is 5. The van der Waals surface area contributed by atoms with E-state index in [4.69, 9.17) is 45.8 Å². The van der Waals surface area contributed by atoms with Crippen LogP contribution in [0.25, 0.3) is 22.2 Å². The molecule has 0 saturated heterocycles. The summed E-state index contributed by atoms with van der Waals surface area (Å²) < 4.78 is 63.3. The van der Waals surface area contributed by atoms with E-state index in [1.807, 2.05) is 102 Å². The van der Waals surface area contributed by atoms with Crippen molar-refractivity contribution < 1.29 is 27.4 Å². The van der Waals surface area contributed by atoms with Gasteiger partial charge in [-0.2, -0.15) is 13.2 Å². The Kier molecular flexibility index (Phi) is 12.2. The summed E-state index contributed by atoms with van der Waals surface area (Å²) in [4.78, 5) is 28.4. The van der Waals surface area contributed by atoms with Crippen molar-refractivity contribution >= 4 is 45.5 Å². The first-order chi connectivity index (χ1) is 33.1. The third kappa shape index (κ3) is 8.65. The van der Waals surface area contributed by atoms with Crippen LogP contribution in [0.1, 0.15) is 57.0 Å². The Labute approximate surface area is 396 Å². The molecule has 1 aliphatic carbocycles. The van der Waals surface area contributed by atoms with Crippen LogP contribution in [0.15, 0.2) is 145 Å². The minimum Gasteiger partial charge on any atom is -0.497 e. The number of nitrogens with zero attached hydrogens (tertiary/aromatic N) is 7. The van der Waals surface area contributed by atoms with E-state index < -0.39 is 11.7 Å². The number of aryl methyl sites for hydroxylation is 1. The Hall–Kier alpha value is -7.51. The predicted octanol–water partition coefficient (Wildman–Crippen LogP) is 12.3. The monoisotopic (exact) mass is 931 g/mol. The summed E-state index contributed by atoms with van der Waals surface area (Å²) in [6.07, 6.45) is 1.85. The van der Waals surface area contributed by atoms with E-state index in [1.165, 1.54) is 19.3 Å². The summed E-state index contributed by atoms with van der Waals surface area (Å²) in [7, 11) is 3.19. The zero-order chi connectivity index (χ0) is 46.9. The number of hydrogen-bond acceptors (Lipinski definition) is 10. The van der Waals surface area contributed by atoms with E-state index in [0.29, 0.717) is 53.7 Å². The molecule has 3 aromatic heterocycles. The number of aromatic nitrogens is 4. The molecule has 0 bridgehead atoms. The van der Waals surface area contributed by atoms with Crippen LogP contribution in [-0.2, 0) is 25.7 Å². The third-order valence-corrected chi connectivity index (χ3v) is 13.0. The highest BCUT2D eigenvalue weighted by Gasteiger charge is 2.40. The second-order valence-corrected chi connectivity index (χ2v) is 17.1. The molecule has 10 rings (SSSR count). The van der Waals surface area contributed by atoms with E-state index in [1.54, 1.807) is 20.3 Å². The normalized spacial score (nSPS) is 14.2. The highest BCUT2D eigenvalue weighted by molar-refractivity contribution is 6.36. The van der Waals surface area contributed by atoms with Crippen molar-refractivity contribution in [3.05, 3.63) is 190 Å². The van der Waals surface area contributed by atoms with Gasteiger partial charge >= 0.3 is 6.18 Å². The molecule has 0 spiro atoms. The maximum atomic E-state index is 15.4. The first-order valence-electron chi connectivity index (χ1n) is 22.2. The van der Waals surface area contributed by atoms with Gasteiger partial charge in [-0.05, 0) is 84.0 Å². The molecule has 8 aromatic rings. The fourth-order valence-corrected chi connectivity index (χ4v) is 9.63. The van der Waals surface area contributed by atoms with Crippen LogP contribution >= 0.6 is 11.6 Å². The molecule has 2 aliphatic rings. The first kappa shape index (κ1) is 44.3. The average molecular weight is 932 g/mol. The van der Waals surface area contributed by atoms with E-state index in [9.17, 15) is 0 Å². The number of rotatable bonds is 12. The Balaban J connectivity index is 1.06. The zero-order valence-corrected chi connectivity index (χ0v) is 38.2. The number of ether oxygens (including phenoxy) is 3. The van der Waals surface area contributed by atoms with E-state index >= 15 is 13.2 Å². The smallest absolute Gasteiger partial charge is 0.418 e. The Morgan fingerprint density at radius 2 is 1.47 bits per heavy atom. The van der Waals surface area contributed by atoms with Crippen LogP contribution in [0.4, 0.5) is 30.5 Å². The van der Waals surface area contributed by atoms with Crippen LogP contribution in [0, 0.1) is 6.92 Å². The van der Waals surface area contributed by atoms with Gasteiger partial charge in [0, 0.05) is 36.0 Å². The second-order valence-electron chi connectivity index (χ2n) is 16.7. The van der Waals surface area contributed by atoms with Gasteiger partial charge in [-0.25, -0.2) is 19.9 Å². The number of aliphatic imine (C=N–C) groups is 1. The minimum atomic E-state index is -4.78. The van der Waals surface area contributed by atoms with Crippen molar-refractivity contribution in [1.29, 1.82) is 0 Å². The Bertz CT molecular complexity index is 3070. The Morgan fingerprint density at radius 3 is 2.07 bits per heavy atom.